The summed E-state index contributed by atoms with van der Waals surface area (Å²) in [5, 5.41) is 13.4. The summed E-state index contributed by atoms with van der Waals surface area (Å²) in [4.78, 5) is 11.7. The van der Waals surface area contributed by atoms with E-state index in [1.807, 2.05) is 51.1 Å². The molecule has 0 fully saturated rings. The van der Waals surface area contributed by atoms with Gasteiger partial charge < -0.3 is 10.7 Å². The third kappa shape index (κ3) is 7.89. The van der Waals surface area contributed by atoms with E-state index in [1.54, 1.807) is 6.08 Å². The van der Waals surface area contributed by atoms with Gasteiger partial charge in [-0.05, 0) is 32.3 Å². The minimum atomic E-state index is 0. The molecule has 21 heavy (non-hydrogen) atoms. The average molecular weight is 278 g/mol. The van der Waals surface area contributed by atoms with Crippen LogP contribution in [0.3, 0.4) is 0 Å². The first-order valence-corrected chi connectivity index (χ1v) is 7.13. The zero-order valence-electron chi connectivity index (χ0n) is 13.5. The number of allylic oxidation sites excluding steroid dienone is 2. The molecular formula is C17H23LiN2O. The SMILES string of the molecule is CCCC(=O)/C=C(/CC(=[N-])c1ccccc1)NC(C)C.[Li+]. The molecule has 1 aromatic rings. The van der Waals surface area contributed by atoms with Crippen LogP contribution in [0.1, 0.15) is 45.6 Å². The van der Waals surface area contributed by atoms with Crippen molar-refractivity contribution in [2.24, 2.45) is 0 Å². The molecule has 0 saturated carbocycles. The summed E-state index contributed by atoms with van der Waals surface area (Å²) in [6, 6.07) is 9.61. The second-order valence-electron chi connectivity index (χ2n) is 5.17. The molecule has 0 aliphatic heterocycles. The Hall–Kier alpha value is -1.30. The Labute approximate surface area is 139 Å². The van der Waals surface area contributed by atoms with Crippen LogP contribution in [0.4, 0.5) is 0 Å². The Morgan fingerprint density at radius 1 is 1.29 bits per heavy atom. The van der Waals surface area contributed by atoms with E-state index < -0.39 is 0 Å². The number of carbonyl (C=O) groups excluding carboxylic acids is 1. The van der Waals surface area contributed by atoms with Gasteiger partial charge in [-0.15, -0.1) is 0 Å². The molecule has 0 aromatic heterocycles. The molecule has 0 atom stereocenters. The topological polar surface area (TPSA) is 51.4 Å². The number of nitrogens with zero attached hydrogens (tertiary/aromatic N) is 1. The first-order valence-electron chi connectivity index (χ1n) is 7.13. The van der Waals surface area contributed by atoms with Crippen molar-refractivity contribution in [3.63, 3.8) is 0 Å². The van der Waals surface area contributed by atoms with Gasteiger partial charge in [0.25, 0.3) is 0 Å². The van der Waals surface area contributed by atoms with Gasteiger partial charge in [-0.1, -0.05) is 37.3 Å². The molecule has 0 aliphatic rings. The van der Waals surface area contributed by atoms with Gasteiger partial charge >= 0.3 is 18.9 Å². The number of hydrogen-bond acceptors (Lipinski definition) is 2. The fraction of sp³-hybridized carbons (Fsp3) is 0.412. The van der Waals surface area contributed by atoms with Gasteiger partial charge in [0.1, 0.15) is 0 Å². The molecule has 108 valence electrons. The molecule has 0 radical (unpaired) electrons. The molecule has 0 spiro atoms. The number of ketones is 1. The molecular weight excluding hydrogens is 255 g/mol. The van der Waals surface area contributed by atoms with Crippen molar-refractivity contribution < 1.29 is 23.7 Å². The summed E-state index contributed by atoms with van der Waals surface area (Å²) in [5.74, 6) is 0.0940. The van der Waals surface area contributed by atoms with Gasteiger partial charge in [-0.3, -0.25) is 4.79 Å². The molecule has 0 bridgehead atoms. The van der Waals surface area contributed by atoms with E-state index in [0.717, 1.165) is 17.7 Å². The maximum atomic E-state index is 11.7. The van der Waals surface area contributed by atoms with Crippen LogP contribution < -0.4 is 24.2 Å². The Balaban J connectivity index is 0.00000400. The average Bonchev–Trinajstić information content (AvgIpc) is 2.39. The first-order chi connectivity index (χ1) is 9.52. The summed E-state index contributed by atoms with van der Waals surface area (Å²) in [7, 11) is 0. The van der Waals surface area contributed by atoms with Crippen molar-refractivity contribution in [1.82, 2.24) is 5.32 Å². The molecule has 3 nitrogen and oxygen atoms in total. The van der Waals surface area contributed by atoms with Gasteiger partial charge in [-0.2, -0.15) is 5.71 Å². The van der Waals surface area contributed by atoms with Crippen LogP contribution in [-0.2, 0) is 4.79 Å². The molecule has 0 aliphatic carbocycles. The Kier molecular flexibility index (Phi) is 9.78. The summed E-state index contributed by atoms with van der Waals surface area (Å²) >= 11 is 0. The normalized spacial score (nSPS) is 11.0. The van der Waals surface area contributed by atoms with Crippen LogP contribution in [0.25, 0.3) is 5.41 Å². The Bertz CT molecular complexity index is 481. The first kappa shape index (κ1) is 19.7. The second kappa shape index (κ2) is 10.4. The van der Waals surface area contributed by atoms with Gasteiger partial charge in [0.05, 0.1) is 0 Å². The predicted molar refractivity (Wildman–Crippen MR) is 84.8 cm³/mol. The number of carbonyl (C=O) groups is 1. The van der Waals surface area contributed by atoms with Crippen LogP contribution in [0.15, 0.2) is 42.1 Å². The molecule has 0 saturated heterocycles. The number of rotatable bonds is 8. The summed E-state index contributed by atoms with van der Waals surface area (Å²) in [6.45, 7) is 6.00. The van der Waals surface area contributed by atoms with E-state index in [4.69, 9.17) is 0 Å². The molecule has 1 rings (SSSR count). The van der Waals surface area contributed by atoms with Crippen LogP contribution >= 0.6 is 0 Å². The third-order valence-corrected chi connectivity index (χ3v) is 2.77. The van der Waals surface area contributed by atoms with Crippen LogP contribution in [-0.4, -0.2) is 17.5 Å². The quantitative estimate of drug-likeness (QED) is 0.432. The van der Waals surface area contributed by atoms with Gasteiger partial charge in [0.2, 0.25) is 0 Å². The number of benzene rings is 1. The zero-order valence-corrected chi connectivity index (χ0v) is 13.5. The molecule has 0 heterocycles. The molecule has 0 unspecified atom stereocenters. The fourth-order valence-corrected chi connectivity index (χ4v) is 1.94. The minimum Gasteiger partial charge on any atom is -0.807 e. The maximum Gasteiger partial charge on any atom is 1.00 e. The zero-order chi connectivity index (χ0) is 15.0. The second-order valence-corrected chi connectivity index (χ2v) is 5.17. The maximum absolute atomic E-state index is 11.7. The van der Waals surface area contributed by atoms with E-state index >= 15 is 0 Å². The Morgan fingerprint density at radius 3 is 2.43 bits per heavy atom. The van der Waals surface area contributed by atoms with Gasteiger partial charge in [0.15, 0.2) is 5.78 Å². The molecule has 1 N–H and O–H groups in total. The number of hydrogen-bond donors (Lipinski definition) is 1. The molecule has 1 aromatic carbocycles. The number of nitrogens with one attached hydrogen (secondary N) is 1. The summed E-state index contributed by atoms with van der Waals surface area (Å²) in [5.41, 5.74) is 1.82. The van der Waals surface area contributed by atoms with Gasteiger partial charge in [0, 0.05) is 24.2 Å². The monoisotopic (exact) mass is 278 g/mol. The van der Waals surface area contributed by atoms with E-state index in [0.29, 0.717) is 12.8 Å². The van der Waals surface area contributed by atoms with Crippen molar-refractivity contribution in [3.8, 4) is 0 Å². The van der Waals surface area contributed by atoms with Crippen LogP contribution in [0.5, 0.6) is 0 Å². The fourth-order valence-electron chi connectivity index (χ4n) is 1.94. The molecule has 4 heteroatoms. The van der Waals surface area contributed by atoms with E-state index in [9.17, 15) is 10.2 Å². The van der Waals surface area contributed by atoms with E-state index in [1.165, 1.54) is 0 Å². The van der Waals surface area contributed by atoms with E-state index in [2.05, 4.69) is 5.32 Å². The van der Waals surface area contributed by atoms with E-state index in [-0.39, 0.29) is 36.4 Å². The van der Waals surface area contributed by atoms with Crippen molar-refractivity contribution in [2.75, 3.05) is 0 Å². The van der Waals surface area contributed by atoms with Crippen molar-refractivity contribution in [2.45, 2.75) is 46.1 Å². The summed E-state index contributed by atoms with van der Waals surface area (Å²) < 4.78 is 0. The largest absolute Gasteiger partial charge is 1.00 e. The predicted octanol–water partition coefficient (Wildman–Crippen LogP) is 0.690. The minimum absolute atomic E-state index is 0. The van der Waals surface area contributed by atoms with Crippen LogP contribution in [0.2, 0.25) is 0 Å². The van der Waals surface area contributed by atoms with Crippen LogP contribution in [0, 0.1) is 0 Å². The van der Waals surface area contributed by atoms with Crippen molar-refractivity contribution >= 4 is 11.5 Å². The smallest absolute Gasteiger partial charge is 0.807 e. The summed E-state index contributed by atoms with van der Waals surface area (Å²) in [6.07, 6.45) is 3.33. The van der Waals surface area contributed by atoms with Crippen molar-refractivity contribution in [1.29, 1.82) is 0 Å². The molecule has 0 amide bonds. The Morgan fingerprint density at radius 2 is 1.90 bits per heavy atom. The van der Waals surface area contributed by atoms with Crippen molar-refractivity contribution in [3.05, 3.63) is 53.1 Å². The standard InChI is InChI=1S/C17H23N2O.Li/c1-4-8-16(20)11-15(19-13(2)3)12-17(18)14-9-6-5-7-10-14;/h5-7,9-11,13,19H,4,8,12H2,1-3H3;/q-1;+1/b15-11-;. The van der Waals surface area contributed by atoms with Gasteiger partial charge in [-0.25, -0.2) is 0 Å². The third-order valence-electron chi connectivity index (χ3n) is 2.77.